The summed E-state index contributed by atoms with van der Waals surface area (Å²) >= 11 is 5.90. The van der Waals surface area contributed by atoms with E-state index in [1.807, 2.05) is 6.92 Å². The molecule has 1 heterocycles. The Kier molecular flexibility index (Phi) is 6.92. The number of sulfonamides is 1. The zero-order valence-electron chi connectivity index (χ0n) is 17.1. The second-order valence-electron chi connectivity index (χ2n) is 6.84. The predicted molar refractivity (Wildman–Crippen MR) is 117 cm³/mol. The molecular weight excluding hydrogens is 426 g/mol. The topological polar surface area (TPSA) is 81.5 Å². The SMILES string of the molecule is CCC(c1nc2ccccc2c(=O)n1CCOC)N(C)S(=O)(=O)c1ccc(Cl)cc1. The summed E-state index contributed by atoms with van der Waals surface area (Å²) < 4.78 is 34.4. The van der Waals surface area contributed by atoms with Crippen LogP contribution in [0, 0.1) is 0 Å². The summed E-state index contributed by atoms with van der Waals surface area (Å²) in [5.74, 6) is 0.387. The molecule has 1 atom stereocenters. The lowest BCUT2D eigenvalue weighted by Crippen LogP contribution is -2.37. The van der Waals surface area contributed by atoms with Gasteiger partial charge in [-0.05, 0) is 42.8 Å². The molecule has 0 bridgehead atoms. The number of ether oxygens (including phenoxy) is 1. The molecule has 0 amide bonds. The molecule has 0 aliphatic carbocycles. The van der Waals surface area contributed by atoms with Gasteiger partial charge in [-0.25, -0.2) is 13.4 Å². The molecule has 3 rings (SSSR count). The van der Waals surface area contributed by atoms with Gasteiger partial charge in [-0.1, -0.05) is 30.7 Å². The maximum Gasteiger partial charge on any atom is 0.261 e. The maximum atomic E-state index is 13.2. The Morgan fingerprint density at radius 1 is 1.17 bits per heavy atom. The highest BCUT2D eigenvalue weighted by Gasteiger charge is 2.31. The van der Waals surface area contributed by atoms with Crippen molar-refractivity contribution in [2.45, 2.75) is 30.8 Å². The van der Waals surface area contributed by atoms with Gasteiger partial charge >= 0.3 is 0 Å². The normalized spacial score (nSPS) is 13.1. The Labute approximate surface area is 180 Å². The number of benzene rings is 2. The van der Waals surface area contributed by atoms with Gasteiger partial charge in [-0.2, -0.15) is 4.31 Å². The van der Waals surface area contributed by atoms with Crippen LogP contribution in [0.1, 0.15) is 25.2 Å². The van der Waals surface area contributed by atoms with Crippen LogP contribution in [-0.2, 0) is 21.3 Å². The molecule has 0 aliphatic rings. The van der Waals surface area contributed by atoms with E-state index in [0.29, 0.717) is 34.8 Å². The van der Waals surface area contributed by atoms with Crippen LogP contribution in [-0.4, -0.2) is 43.0 Å². The standard InChI is InChI=1S/C21H24ClN3O4S/c1-4-19(24(2)30(27,28)16-11-9-15(22)10-12-16)20-23-18-8-6-5-7-17(18)21(26)25(20)13-14-29-3/h5-12,19H,4,13-14H2,1-3H3. The van der Waals surface area contributed by atoms with Crippen LogP contribution in [0.25, 0.3) is 10.9 Å². The first-order valence-corrected chi connectivity index (χ1v) is 11.3. The van der Waals surface area contributed by atoms with Crippen LogP contribution < -0.4 is 5.56 Å². The lowest BCUT2D eigenvalue weighted by molar-refractivity contribution is 0.182. The summed E-state index contributed by atoms with van der Waals surface area (Å²) in [5, 5.41) is 0.934. The van der Waals surface area contributed by atoms with Crippen LogP contribution in [0.4, 0.5) is 0 Å². The van der Waals surface area contributed by atoms with Gasteiger partial charge in [-0.15, -0.1) is 0 Å². The Morgan fingerprint density at radius 2 is 1.83 bits per heavy atom. The number of hydrogen-bond donors (Lipinski definition) is 0. The molecule has 30 heavy (non-hydrogen) atoms. The van der Waals surface area contributed by atoms with E-state index in [-0.39, 0.29) is 17.0 Å². The highest BCUT2D eigenvalue weighted by atomic mass is 35.5. The van der Waals surface area contributed by atoms with E-state index in [0.717, 1.165) is 0 Å². The van der Waals surface area contributed by atoms with Crippen molar-refractivity contribution in [2.24, 2.45) is 0 Å². The number of aromatic nitrogens is 2. The maximum absolute atomic E-state index is 13.2. The van der Waals surface area contributed by atoms with E-state index in [1.54, 1.807) is 31.4 Å². The summed E-state index contributed by atoms with van der Waals surface area (Å²) in [7, 11) is -0.781. The van der Waals surface area contributed by atoms with Crippen molar-refractivity contribution < 1.29 is 13.2 Å². The molecule has 1 unspecified atom stereocenters. The summed E-state index contributed by atoms with van der Waals surface area (Å²) in [4.78, 5) is 17.9. The Hall–Kier alpha value is -2.26. The molecule has 0 fully saturated rings. The van der Waals surface area contributed by atoms with Gasteiger partial charge in [0, 0.05) is 19.2 Å². The monoisotopic (exact) mass is 449 g/mol. The van der Waals surface area contributed by atoms with Gasteiger partial charge in [0.1, 0.15) is 5.82 Å². The molecule has 160 valence electrons. The van der Waals surface area contributed by atoms with Gasteiger partial charge in [-0.3, -0.25) is 9.36 Å². The van der Waals surface area contributed by atoms with Gasteiger partial charge in [0.25, 0.3) is 5.56 Å². The first kappa shape index (κ1) is 22.4. The molecule has 3 aromatic rings. The fourth-order valence-electron chi connectivity index (χ4n) is 3.38. The molecule has 2 aromatic carbocycles. The summed E-state index contributed by atoms with van der Waals surface area (Å²) in [6, 6.07) is 12.4. The van der Waals surface area contributed by atoms with Gasteiger partial charge in [0.05, 0.1) is 35.0 Å². The van der Waals surface area contributed by atoms with E-state index >= 15 is 0 Å². The second-order valence-corrected chi connectivity index (χ2v) is 9.27. The molecular formula is C21H24ClN3O4S. The average molecular weight is 450 g/mol. The molecule has 1 aromatic heterocycles. The zero-order valence-corrected chi connectivity index (χ0v) is 18.7. The molecule has 9 heteroatoms. The van der Waals surface area contributed by atoms with E-state index in [1.165, 1.54) is 40.2 Å². The Balaban J connectivity index is 2.15. The first-order valence-electron chi connectivity index (χ1n) is 9.53. The minimum absolute atomic E-state index is 0.124. The number of para-hydroxylation sites is 1. The highest BCUT2D eigenvalue weighted by Crippen LogP contribution is 2.28. The predicted octanol–water partition coefficient (Wildman–Crippen LogP) is 3.47. The molecule has 0 N–H and O–H groups in total. The number of methoxy groups -OCH3 is 1. The molecule has 0 saturated heterocycles. The third-order valence-corrected chi connectivity index (χ3v) is 7.16. The Morgan fingerprint density at radius 3 is 2.47 bits per heavy atom. The van der Waals surface area contributed by atoms with Crippen LogP contribution >= 0.6 is 11.6 Å². The minimum Gasteiger partial charge on any atom is -0.383 e. The first-order chi connectivity index (χ1) is 14.3. The van der Waals surface area contributed by atoms with Crippen LogP contribution in [0.15, 0.2) is 58.2 Å². The van der Waals surface area contributed by atoms with Crippen LogP contribution in [0.5, 0.6) is 0 Å². The van der Waals surface area contributed by atoms with Crippen molar-refractivity contribution in [3.63, 3.8) is 0 Å². The molecule has 0 saturated carbocycles. The Bertz CT molecular complexity index is 1190. The largest absolute Gasteiger partial charge is 0.383 e. The second kappa shape index (κ2) is 9.26. The fourth-order valence-corrected chi connectivity index (χ4v) is 4.90. The fraction of sp³-hybridized carbons (Fsp3) is 0.333. The summed E-state index contributed by atoms with van der Waals surface area (Å²) in [6.07, 6.45) is 0.432. The van der Waals surface area contributed by atoms with Crippen LogP contribution in [0.2, 0.25) is 5.02 Å². The number of hydrogen-bond acceptors (Lipinski definition) is 5. The summed E-state index contributed by atoms with van der Waals surface area (Å²) in [6.45, 7) is 2.44. The van der Waals surface area contributed by atoms with Crippen LogP contribution in [0.3, 0.4) is 0 Å². The molecule has 0 spiro atoms. The van der Waals surface area contributed by atoms with E-state index in [4.69, 9.17) is 16.3 Å². The zero-order chi connectivity index (χ0) is 21.9. The average Bonchev–Trinajstić information content (AvgIpc) is 2.74. The minimum atomic E-state index is -3.83. The third-order valence-electron chi connectivity index (χ3n) is 5.02. The van der Waals surface area contributed by atoms with Crippen molar-refractivity contribution in [2.75, 3.05) is 20.8 Å². The van der Waals surface area contributed by atoms with Gasteiger partial charge < -0.3 is 4.74 Å². The van der Waals surface area contributed by atoms with Gasteiger partial charge in [0.15, 0.2) is 0 Å². The highest BCUT2D eigenvalue weighted by molar-refractivity contribution is 7.89. The quantitative estimate of drug-likeness (QED) is 0.526. The number of rotatable bonds is 8. The van der Waals surface area contributed by atoms with E-state index in [9.17, 15) is 13.2 Å². The molecule has 0 aliphatic heterocycles. The third kappa shape index (κ3) is 4.27. The molecule has 0 radical (unpaired) electrons. The molecule has 7 nitrogen and oxygen atoms in total. The number of nitrogens with zero attached hydrogens (tertiary/aromatic N) is 3. The van der Waals surface area contributed by atoms with Crippen molar-refractivity contribution in [1.29, 1.82) is 0 Å². The summed E-state index contributed by atoms with van der Waals surface area (Å²) in [5.41, 5.74) is 0.310. The smallest absolute Gasteiger partial charge is 0.261 e. The number of halogens is 1. The van der Waals surface area contributed by atoms with Crippen molar-refractivity contribution in [3.05, 3.63) is 69.7 Å². The van der Waals surface area contributed by atoms with Crippen molar-refractivity contribution in [3.8, 4) is 0 Å². The van der Waals surface area contributed by atoms with Crippen molar-refractivity contribution in [1.82, 2.24) is 13.9 Å². The number of fused-ring (bicyclic) bond motifs is 1. The van der Waals surface area contributed by atoms with E-state index < -0.39 is 16.1 Å². The van der Waals surface area contributed by atoms with Gasteiger partial charge in [0.2, 0.25) is 10.0 Å². The lowest BCUT2D eigenvalue weighted by Gasteiger charge is -2.28. The van der Waals surface area contributed by atoms with E-state index in [2.05, 4.69) is 4.98 Å². The lowest BCUT2D eigenvalue weighted by atomic mass is 10.1. The van der Waals surface area contributed by atoms with Crippen molar-refractivity contribution >= 4 is 32.5 Å².